The summed E-state index contributed by atoms with van der Waals surface area (Å²) in [6.07, 6.45) is 2.83. The monoisotopic (exact) mass is 568 g/mol. The van der Waals surface area contributed by atoms with Crippen molar-refractivity contribution >= 4 is 18.2 Å². The van der Waals surface area contributed by atoms with Crippen LogP contribution in [0.4, 0.5) is 8.78 Å². The Bertz CT molecular complexity index is 1290. The molecular formula is C31H34F2N2O6. The Kier molecular flexibility index (Phi) is 11.0. The molecule has 0 spiro atoms. The van der Waals surface area contributed by atoms with Crippen molar-refractivity contribution < 1.29 is 37.4 Å². The number of benzene rings is 2. The van der Waals surface area contributed by atoms with E-state index in [-0.39, 0.29) is 30.2 Å². The molecule has 0 aliphatic carbocycles. The highest BCUT2D eigenvalue weighted by Crippen LogP contribution is 2.32. The molecule has 1 heterocycles. The zero-order valence-corrected chi connectivity index (χ0v) is 23.5. The van der Waals surface area contributed by atoms with E-state index in [1.807, 2.05) is 6.92 Å². The molecule has 0 aliphatic heterocycles. The first-order chi connectivity index (χ1) is 19.6. The molecule has 0 radical (unpaired) electrons. The molecule has 218 valence electrons. The number of nitrogens with zero attached hydrogens (tertiary/aromatic N) is 1. The predicted octanol–water partition coefficient (Wildman–Crippen LogP) is 5.39. The second-order valence-electron chi connectivity index (χ2n) is 9.85. The number of carbonyl (C=O) groups is 3. The number of carbonyl (C=O) groups excluding carboxylic acids is 3. The Morgan fingerprint density at radius 3 is 2.12 bits per heavy atom. The summed E-state index contributed by atoms with van der Waals surface area (Å²) in [4.78, 5) is 41.9. The van der Waals surface area contributed by atoms with E-state index in [0.29, 0.717) is 12.7 Å². The second kappa shape index (κ2) is 14.5. The smallest absolute Gasteiger partial charge is 0.311 e. The van der Waals surface area contributed by atoms with Crippen molar-refractivity contribution in [3.63, 3.8) is 0 Å². The van der Waals surface area contributed by atoms with Crippen molar-refractivity contribution in [3.8, 4) is 11.5 Å². The number of aromatic nitrogens is 1. The SMILES string of the molecule is CCCCC(=O)Oc1c(OC)ccnc1C(=O)N[C@](C)(C=O)CO[C@@H](C)C(c1ccc(F)cc1)c1ccc(F)cc1. The number of hydrogen-bond acceptors (Lipinski definition) is 7. The molecule has 1 N–H and O–H groups in total. The fraction of sp³-hybridized carbons (Fsp3) is 0.355. The number of esters is 1. The van der Waals surface area contributed by atoms with Crippen LogP contribution < -0.4 is 14.8 Å². The third-order valence-electron chi connectivity index (χ3n) is 6.49. The summed E-state index contributed by atoms with van der Waals surface area (Å²) < 4.78 is 44.0. The van der Waals surface area contributed by atoms with Crippen LogP contribution in [0.2, 0.25) is 0 Å². The van der Waals surface area contributed by atoms with Gasteiger partial charge in [0, 0.05) is 24.6 Å². The molecule has 3 rings (SSSR count). The predicted molar refractivity (Wildman–Crippen MR) is 148 cm³/mol. The Morgan fingerprint density at radius 1 is 1.02 bits per heavy atom. The van der Waals surface area contributed by atoms with Crippen molar-refractivity contribution in [2.45, 2.75) is 57.6 Å². The minimum atomic E-state index is -1.50. The number of nitrogens with one attached hydrogen (secondary N) is 1. The zero-order chi connectivity index (χ0) is 30.0. The summed E-state index contributed by atoms with van der Waals surface area (Å²) in [5.74, 6) is -2.58. The number of unbranched alkanes of at least 4 members (excludes halogenated alkanes) is 1. The summed E-state index contributed by atoms with van der Waals surface area (Å²) in [5, 5.41) is 2.62. The van der Waals surface area contributed by atoms with Gasteiger partial charge in [0.2, 0.25) is 5.75 Å². The summed E-state index contributed by atoms with van der Waals surface area (Å²) in [5.41, 5.74) is -0.295. The summed E-state index contributed by atoms with van der Waals surface area (Å²) in [7, 11) is 1.36. The van der Waals surface area contributed by atoms with Gasteiger partial charge >= 0.3 is 5.97 Å². The fourth-order valence-electron chi connectivity index (χ4n) is 4.23. The summed E-state index contributed by atoms with van der Waals surface area (Å²) >= 11 is 0. The number of methoxy groups -OCH3 is 1. The molecule has 0 unspecified atom stereocenters. The second-order valence-corrected chi connectivity index (χ2v) is 9.85. The highest BCUT2D eigenvalue weighted by atomic mass is 19.1. The van der Waals surface area contributed by atoms with E-state index in [2.05, 4.69) is 10.3 Å². The lowest BCUT2D eigenvalue weighted by Crippen LogP contribution is -2.52. The zero-order valence-electron chi connectivity index (χ0n) is 23.5. The number of halogens is 2. The average molecular weight is 569 g/mol. The van der Waals surface area contributed by atoms with E-state index >= 15 is 0 Å². The van der Waals surface area contributed by atoms with Crippen molar-refractivity contribution in [2.75, 3.05) is 13.7 Å². The van der Waals surface area contributed by atoms with Gasteiger partial charge in [0.1, 0.15) is 23.5 Å². The molecular weight excluding hydrogens is 534 g/mol. The van der Waals surface area contributed by atoms with Crippen LogP contribution >= 0.6 is 0 Å². The van der Waals surface area contributed by atoms with E-state index in [0.717, 1.165) is 17.5 Å². The van der Waals surface area contributed by atoms with Gasteiger partial charge in [-0.05, 0) is 55.7 Å². The average Bonchev–Trinajstić information content (AvgIpc) is 2.97. The number of amides is 1. The van der Waals surface area contributed by atoms with Crippen molar-refractivity contribution in [2.24, 2.45) is 0 Å². The fourth-order valence-corrected chi connectivity index (χ4v) is 4.23. The quantitative estimate of drug-likeness (QED) is 0.205. The molecule has 1 aromatic heterocycles. The highest BCUT2D eigenvalue weighted by molar-refractivity contribution is 5.98. The van der Waals surface area contributed by atoms with Crippen LogP contribution in [-0.2, 0) is 14.3 Å². The largest absolute Gasteiger partial charge is 0.493 e. The normalized spacial score (nSPS) is 13.2. The van der Waals surface area contributed by atoms with Gasteiger partial charge in [-0.2, -0.15) is 0 Å². The Balaban J connectivity index is 1.80. The van der Waals surface area contributed by atoms with Crippen LogP contribution in [-0.4, -0.2) is 48.5 Å². The lowest BCUT2D eigenvalue weighted by Gasteiger charge is -2.30. The number of aldehydes is 1. The summed E-state index contributed by atoms with van der Waals surface area (Å²) in [6, 6.07) is 13.2. The first kappa shape index (κ1) is 31.3. The van der Waals surface area contributed by atoms with Crippen LogP contribution in [0.5, 0.6) is 11.5 Å². The molecule has 0 bridgehead atoms. The molecule has 41 heavy (non-hydrogen) atoms. The van der Waals surface area contributed by atoms with E-state index in [9.17, 15) is 23.2 Å². The van der Waals surface area contributed by atoms with Gasteiger partial charge < -0.3 is 24.3 Å². The molecule has 0 saturated heterocycles. The number of hydrogen-bond donors (Lipinski definition) is 1. The minimum Gasteiger partial charge on any atom is -0.493 e. The van der Waals surface area contributed by atoms with Crippen LogP contribution in [0.15, 0.2) is 60.8 Å². The van der Waals surface area contributed by atoms with Crippen LogP contribution in [0.1, 0.15) is 67.6 Å². The lowest BCUT2D eigenvalue weighted by molar-refractivity contribution is -0.134. The highest BCUT2D eigenvalue weighted by Gasteiger charge is 2.32. The Morgan fingerprint density at radius 2 is 1.61 bits per heavy atom. The number of rotatable bonds is 14. The topological polar surface area (TPSA) is 104 Å². The maximum absolute atomic E-state index is 13.6. The van der Waals surface area contributed by atoms with Gasteiger partial charge in [-0.25, -0.2) is 13.8 Å². The van der Waals surface area contributed by atoms with Crippen LogP contribution in [0.3, 0.4) is 0 Å². The van der Waals surface area contributed by atoms with E-state index in [4.69, 9.17) is 14.2 Å². The lowest BCUT2D eigenvalue weighted by atomic mass is 9.87. The van der Waals surface area contributed by atoms with Gasteiger partial charge in [-0.1, -0.05) is 37.6 Å². The molecule has 0 aliphatic rings. The maximum atomic E-state index is 13.6. The van der Waals surface area contributed by atoms with Gasteiger partial charge in [-0.3, -0.25) is 9.59 Å². The molecule has 2 aromatic carbocycles. The first-order valence-corrected chi connectivity index (χ1v) is 13.3. The van der Waals surface area contributed by atoms with Crippen LogP contribution in [0, 0.1) is 11.6 Å². The molecule has 0 fully saturated rings. The third-order valence-corrected chi connectivity index (χ3v) is 6.49. The van der Waals surface area contributed by atoms with Gasteiger partial charge in [0.25, 0.3) is 5.91 Å². The molecule has 0 saturated carbocycles. The van der Waals surface area contributed by atoms with E-state index < -0.39 is 41.1 Å². The van der Waals surface area contributed by atoms with E-state index in [1.165, 1.54) is 50.6 Å². The van der Waals surface area contributed by atoms with Gasteiger partial charge in [-0.15, -0.1) is 0 Å². The van der Waals surface area contributed by atoms with Crippen molar-refractivity contribution in [3.05, 3.63) is 89.2 Å². The van der Waals surface area contributed by atoms with Crippen molar-refractivity contribution in [1.29, 1.82) is 0 Å². The van der Waals surface area contributed by atoms with Gasteiger partial charge in [0.15, 0.2) is 11.4 Å². The number of ether oxygens (including phenoxy) is 3. The standard InChI is InChI=1S/C31H34F2N2O6/c1-5-6-7-26(37)41-29-25(39-4)16-17-34-28(29)30(38)35-31(3,18-36)19-40-20(2)27(21-8-12-23(32)13-9-21)22-10-14-24(33)15-11-22/h8-18,20,27H,5-7,19H2,1-4H3,(H,35,38)/t20-,31+/m0/s1. The van der Waals surface area contributed by atoms with Crippen molar-refractivity contribution in [1.82, 2.24) is 10.3 Å². The molecule has 8 nitrogen and oxygen atoms in total. The Labute approximate surface area is 238 Å². The van der Waals surface area contributed by atoms with E-state index in [1.54, 1.807) is 31.2 Å². The maximum Gasteiger partial charge on any atom is 0.311 e. The van der Waals surface area contributed by atoms with Gasteiger partial charge in [0.05, 0.1) is 19.8 Å². The van der Waals surface area contributed by atoms with Crippen LogP contribution in [0.25, 0.3) is 0 Å². The molecule has 10 heteroatoms. The minimum absolute atomic E-state index is 0.133. The molecule has 3 aromatic rings. The number of pyridine rings is 1. The molecule has 2 atom stereocenters. The molecule has 1 amide bonds. The summed E-state index contributed by atoms with van der Waals surface area (Å²) in [6.45, 7) is 4.93. The first-order valence-electron chi connectivity index (χ1n) is 13.3. The Hall–Kier alpha value is -4.18. The third kappa shape index (κ3) is 8.40.